The van der Waals surface area contributed by atoms with Crippen molar-refractivity contribution >= 4 is 0 Å². The van der Waals surface area contributed by atoms with Gasteiger partial charge in [0.15, 0.2) is 0 Å². The van der Waals surface area contributed by atoms with E-state index < -0.39 is 0 Å². The summed E-state index contributed by atoms with van der Waals surface area (Å²) in [7, 11) is 0. The van der Waals surface area contributed by atoms with Crippen LogP contribution in [0.1, 0.15) is 122 Å². The Hall–Kier alpha value is -0.440. The van der Waals surface area contributed by atoms with Crippen LogP contribution >= 0.6 is 0 Å². The van der Waals surface area contributed by atoms with Crippen LogP contribution in [-0.4, -0.2) is 0 Å². The maximum Gasteiger partial charge on any atom is 0.0143 e. The second kappa shape index (κ2) is 5.92. The standard InChI is InChI=1S/C33H46/c1-2-3-29-9-25-7-26(10-29)15-31(14-25,20-29)33-18-27-8-28(19-33)17-32(16-27,21-33)30-11-22-4-23(12-30)6-24(5-22)13-30/h1,22-28H,3-21H2. The molecular formula is C33H46. The number of hydrogen-bond donors (Lipinski definition) is 0. The minimum absolute atomic E-state index is 0.552. The Labute approximate surface area is 202 Å². The van der Waals surface area contributed by atoms with E-state index in [0.29, 0.717) is 10.8 Å². The van der Waals surface area contributed by atoms with Gasteiger partial charge in [-0.25, -0.2) is 0 Å². The van der Waals surface area contributed by atoms with Crippen LogP contribution in [0.5, 0.6) is 0 Å². The number of hydrogen-bond acceptors (Lipinski definition) is 0. The van der Waals surface area contributed by atoms with Gasteiger partial charge in [-0.3, -0.25) is 0 Å². The van der Waals surface area contributed by atoms with Crippen molar-refractivity contribution in [2.75, 3.05) is 0 Å². The monoisotopic (exact) mass is 442 g/mol. The van der Waals surface area contributed by atoms with E-state index in [4.69, 9.17) is 6.42 Å². The third-order valence-electron chi connectivity index (χ3n) is 15.0. The van der Waals surface area contributed by atoms with Crippen molar-refractivity contribution in [1.29, 1.82) is 0 Å². The first-order valence-electron chi connectivity index (χ1n) is 15.4. The third-order valence-corrected chi connectivity index (χ3v) is 15.0. The highest BCUT2D eigenvalue weighted by Gasteiger charge is 2.73. The molecule has 178 valence electrons. The molecule has 0 aromatic carbocycles. The van der Waals surface area contributed by atoms with Crippen LogP contribution in [-0.2, 0) is 0 Å². The molecule has 4 unspecified atom stereocenters. The van der Waals surface area contributed by atoms with Gasteiger partial charge in [0.25, 0.3) is 0 Å². The van der Waals surface area contributed by atoms with Crippen molar-refractivity contribution in [1.82, 2.24) is 0 Å². The van der Waals surface area contributed by atoms with E-state index in [1.165, 1.54) is 12.8 Å². The molecule has 0 heteroatoms. The van der Waals surface area contributed by atoms with Crippen molar-refractivity contribution in [2.24, 2.45) is 68.5 Å². The van der Waals surface area contributed by atoms with Crippen molar-refractivity contribution in [3.63, 3.8) is 0 Å². The predicted molar refractivity (Wildman–Crippen MR) is 133 cm³/mol. The fraction of sp³-hybridized carbons (Fsp3) is 0.939. The summed E-state index contributed by atoms with van der Waals surface area (Å²) in [6, 6.07) is 0. The molecule has 12 saturated carbocycles. The summed E-state index contributed by atoms with van der Waals surface area (Å²) in [6.07, 6.45) is 36.2. The van der Waals surface area contributed by atoms with E-state index in [1.807, 2.05) is 0 Å². The van der Waals surface area contributed by atoms with Gasteiger partial charge in [-0.05, 0) is 184 Å². The second-order valence-corrected chi connectivity index (χ2v) is 16.8. The fourth-order valence-corrected chi connectivity index (χ4v) is 15.8. The van der Waals surface area contributed by atoms with Crippen LogP contribution in [0, 0.1) is 80.8 Å². The lowest BCUT2D eigenvalue weighted by Gasteiger charge is -2.77. The molecule has 0 heterocycles. The average Bonchev–Trinajstić information content (AvgIpc) is 2.71. The Balaban J connectivity index is 1.15. The maximum absolute atomic E-state index is 6.04. The molecule has 0 saturated heterocycles. The highest BCUT2D eigenvalue weighted by Crippen LogP contribution is 2.83. The molecule has 12 bridgehead atoms. The number of terminal acetylenes is 1. The van der Waals surface area contributed by atoms with Gasteiger partial charge in [-0.15, -0.1) is 12.3 Å². The topological polar surface area (TPSA) is 0 Å². The SMILES string of the molecule is C#CCC12CC3CC(C1)CC(C14CC5CC(CC(C67CC8CC(CC(C8)C6)C7)(C5)C1)C4)(C3)C2. The highest BCUT2D eigenvalue weighted by atomic mass is 14.8. The zero-order valence-corrected chi connectivity index (χ0v) is 21.1. The van der Waals surface area contributed by atoms with Crippen molar-refractivity contribution in [3.8, 4) is 12.3 Å². The Kier molecular flexibility index (Phi) is 3.54. The van der Waals surface area contributed by atoms with E-state index in [-0.39, 0.29) is 0 Å². The molecule has 12 fully saturated rings. The Morgan fingerprint density at radius 2 is 0.818 bits per heavy atom. The Morgan fingerprint density at radius 3 is 1.30 bits per heavy atom. The van der Waals surface area contributed by atoms with Gasteiger partial charge in [0.1, 0.15) is 0 Å². The molecule has 0 spiro atoms. The summed E-state index contributed by atoms with van der Waals surface area (Å²) in [5, 5.41) is 0. The van der Waals surface area contributed by atoms with Crippen LogP contribution in [0.3, 0.4) is 0 Å². The molecule has 0 aromatic heterocycles. The summed E-state index contributed by atoms with van der Waals surface area (Å²) in [6.45, 7) is 0. The van der Waals surface area contributed by atoms with E-state index in [9.17, 15) is 0 Å². The molecule has 12 aliphatic rings. The summed E-state index contributed by atoms with van der Waals surface area (Å²) in [4.78, 5) is 0. The van der Waals surface area contributed by atoms with Gasteiger partial charge >= 0.3 is 0 Å². The average molecular weight is 443 g/mol. The molecule has 0 nitrogen and oxygen atoms in total. The van der Waals surface area contributed by atoms with Gasteiger partial charge in [0.2, 0.25) is 0 Å². The summed E-state index contributed by atoms with van der Waals surface area (Å²) >= 11 is 0. The second-order valence-electron chi connectivity index (χ2n) is 16.8. The lowest BCUT2D eigenvalue weighted by molar-refractivity contribution is -0.275. The zero-order chi connectivity index (χ0) is 21.7. The largest absolute Gasteiger partial charge is 0.120 e. The smallest absolute Gasteiger partial charge is 0.0143 e. The van der Waals surface area contributed by atoms with E-state index in [1.54, 1.807) is 103 Å². The molecule has 12 rings (SSSR count). The third kappa shape index (κ3) is 2.34. The first-order valence-corrected chi connectivity index (χ1v) is 15.4. The molecule has 0 amide bonds. The normalized spacial score (nSPS) is 65.6. The summed E-state index contributed by atoms with van der Waals surface area (Å²) in [5.41, 5.74) is 3.51. The van der Waals surface area contributed by atoms with Gasteiger partial charge < -0.3 is 0 Å². The quantitative estimate of drug-likeness (QED) is 0.385. The Bertz CT molecular complexity index is 865. The fourth-order valence-electron chi connectivity index (χ4n) is 15.8. The molecule has 0 aliphatic heterocycles. The van der Waals surface area contributed by atoms with Crippen LogP contribution < -0.4 is 0 Å². The van der Waals surface area contributed by atoms with Gasteiger partial charge in [0.05, 0.1) is 0 Å². The molecule has 12 aliphatic carbocycles. The lowest BCUT2D eigenvalue weighted by atomic mass is 9.27. The Morgan fingerprint density at radius 1 is 0.455 bits per heavy atom. The lowest BCUT2D eigenvalue weighted by Crippen LogP contribution is -2.68. The van der Waals surface area contributed by atoms with Gasteiger partial charge in [-0.2, -0.15) is 0 Å². The van der Waals surface area contributed by atoms with E-state index in [0.717, 1.165) is 64.1 Å². The molecule has 0 aromatic rings. The maximum atomic E-state index is 6.04. The van der Waals surface area contributed by atoms with Crippen LogP contribution in [0.2, 0.25) is 0 Å². The molecule has 0 radical (unpaired) electrons. The molecule has 33 heavy (non-hydrogen) atoms. The van der Waals surface area contributed by atoms with E-state index >= 15 is 0 Å². The zero-order valence-electron chi connectivity index (χ0n) is 21.1. The van der Waals surface area contributed by atoms with Crippen molar-refractivity contribution in [3.05, 3.63) is 0 Å². The van der Waals surface area contributed by atoms with E-state index in [2.05, 4.69) is 5.92 Å². The van der Waals surface area contributed by atoms with Gasteiger partial charge in [0, 0.05) is 6.42 Å². The minimum Gasteiger partial charge on any atom is -0.120 e. The highest BCUT2D eigenvalue weighted by molar-refractivity contribution is 5.23. The van der Waals surface area contributed by atoms with Crippen LogP contribution in [0.4, 0.5) is 0 Å². The van der Waals surface area contributed by atoms with Crippen LogP contribution in [0.15, 0.2) is 0 Å². The summed E-state index contributed by atoms with van der Waals surface area (Å²) < 4.78 is 0. The van der Waals surface area contributed by atoms with Crippen molar-refractivity contribution < 1.29 is 0 Å². The van der Waals surface area contributed by atoms with Crippen LogP contribution in [0.25, 0.3) is 0 Å². The first-order chi connectivity index (χ1) is 15.9. The first kappa shape index (κ1) is 19.7. The minimum atomic E-state index is 0.552. The van der Waals surface area contributed by atoms with Crippen molar-refractivity contribution in [2.45, 2.75) is 122 Å². The molecular weight excluding hydrogens is 396 g/mol. The summed E-state index contributed by atoms with van der Waals surface area (Å²) in [5.74, 6) is 10.8. The molecule has 0 N–H and O–H groups in total. The van der Waals surface area contributed by atoms with Gasteiger partial charge in [-0.1, -0.05) is 0 Å². The molecule has 4 atom stereocenters. The number of rotatable bonds is 3. The predicted octanol–water partition coefficient (Wildman–Crippen LogP) is 8.40.